The highest BCUT2D eigenvalue weighted by atomic mass is 19.4. The molecule has 2 aromatic heterocycles. The molecule has 0 fully saturated rings. The number of nitrogens with zero attached hydrogens (tertiary/aromatic N) is 3. The van der Waals surface area contributed by atoms with E-state index in [-0.39, 0.29) is 0 Å². The summed E-state index contributed by atoms with van der Waals surface area (Å²) in [5, 5.41) is 3.79. The molecule has 0 aliphatic rings. The molecule has 0 aliphatic heterocycles. The van der Waals surface area contributed by atoms with E-state index in [1.54, 1.807) is 6.92 Å². The van der Waals surface area contributed by atoms with Crippen LogP contribution in [0.2, 0.25) is 0 Å². The standard InChI is InChI=1S/C8H6F3N3/c1-5-12-7-3-2-6(8(9,10)11)4-14(7)13-5/h2-4H,1H3. The zero-order valence-corrected chi connectivity index (χ0v) is 7.21. The van der Waals surface area contributed by atoms with Gasteiger partial charge in [0.05, 0.1) is 5.56 Å². The summed E-state index contributed by atoms with van der Waals surface area (Å²) in [5.74, 6) is 0.448. The Labute approximate surface area is 77.2 Å². The van der Waals surface area contributed by atoms with E-state index in [4.69, 9.17) is 0 Å². The minimum Gasteiger partial charge on any atom is -0.220 e. The topological polar surface area (TPSA) is 30.2 Å². The van der Waals surface area contributed by atoms with Gasteiger partial charge < -0.3 is 0 Å². The van der Waals surface area contributed by atoms with Crippen molar-refractivity contribution >= 4 is 5.65 Å². The molecule has 0 radical (unpaired) electrons. The molecule has 0 atom stereocenters. The van der Waals surface area contributed by atoms with Crippen molar-refractivity contribution in [1.82, 2.24) is 14.6 Å². The Kier molecular flexibility index (Phi) is 1.73. The minimum atomic E-state index is -4.34. The molecule has 74 valence electrons. The van der Waals surface area contributed by atoms with Crippen molar-refractivity contribution in [2.45, 2.75) is 13.1 Å². The van der Waals surface area contributed by atoms with Crippen molar-refractivity contribution in [2.24, 2.45) is 0 Å². The van der Waals surface area contributed by atoms with Crippen LogP contribution in [0.3, 0.4) is 0 Å². The van der Waals surface area contributed by atoms with Crippen LogP contribution in [0.25, 0.3) is 5.65 Å². The second-order valence-corrected chi connectivity index (χ2v) is 2.88. The first kappa shape index (κ1) is 8.98. The third-order valence-corrected chi connectivity index (χ3v) is 1.76. The average molecular weight is 201 g/mol. The fraction of sp³-hybridized carbons (Fsp3) is 0.250. The number of halogens is 3. The number of fused-ring (bicyclic) bond motifs is 1. The lowest BCUT2D eigenvalue weighted by Gasteiger charge is -2.05. The van der Waals surface area contributed by atoms with Crippen molar-refractivity contribution < 1.29 is 13.2 Å². The van der Waals surface area contributed by atoms with E-state index in [1.807, 2.05) is 0 Å². The van der Waals surface area contributed by atoms with Crippen LogP contribution >= 0.6 is 0 Å². The maximum absolute atomic E-state index is 12.3. The van der Waals surface area contributed by atoms with Gasteiger partial charge in [-0.1, -0.05) is 0 Å². The molecule has 0 amide bonds. The van der Waals surface area contributed by atoms with Gasteiger partial charge in [0.25, 0.3) is 0 Å². The Morgan fingerprint density at radius 3 is 2.64 bits per heavy atom. The van der Waals surface area contributed by atoms with Gasteiger partial charge in [-0.2, -0.15) is 18.3 Å². The number of hydrogen-bond acceptors (Lipinski definition) is 2. The van der Waals surface area contributed by atoms with Crippen molar-refractivity contribution in [2.75, 3.05) is 0 Å². The van der Waals surface area contributed by atoms with E-state index < -0.39 is 11.7 Å². The lowest BCUT2D eigenvalue weighted by atomic mass is 10.3. The number of pyridine rings is 1. The largest absolute Gasteiger partial charge is 0.417 e. The number of alkyl halides is 3. The summed E-state index contributed by atoms with van der Waals surface area (Å²) >= 11 is 0. The molecule has 0 aliphatic carbocycles. The molecule has 0 bridgehead atoms. The molecule has 0 saturated carbocycles. The van der Waals surface area contributed by atoms with E-state index in [2.05, 4.69) is 10.1 Å². The Morgan fingerprint density at radius 2 is 2.00 bits per heavy atom. The molecule has 0 saturated heterocycles. The molecule has 0 spiro atoms. The number of hydrogen-bond donors (Lipinski definition) is 0. The number of rotatable bonds is 0. The average Bonchev–Trinajstić information content (AvgIpc) is 2.41. The quantitative estimate of drug-likeness (QED) is 0.653. The van der Waals surface area contributed by atoms with Crippen LogP contribution in [0, 0.1) is 6.92 Å². The molecule has 14 heavy (non-hydrogen) atoms. The van der Waals surface area contributed by atoms with Gasteiger partial charge in [-0.05, 0) is 19.1 Å². The second-order valence-electron chi connectivity index (χ2n) is 2.88. The van der Waals surface area contributed by atoms with Gasteiger partial charge in [-0.15, -0.1) is 0 Å². The van der Waals surface area contributed by atoms with Gasteiger partial charge in [0.15, 0.2) is 5.65 Å². The molecule has 2 aromatic rings. The van der Waals surface area contributed by atoms with Crippen molar-refractivity contribution in [3.8, 4) is 0 Å². The molecular weight excluding hydrogens is 195 g/mol. The van der Waals surface area contributed by atoms with Crippen molar-refractivity contribution in [1.29, 1.82) is 0 Å². The van der Waals surface area contributed by atoms with Gasteiger partial charge in [0.1, 0.15) is 5.82 Å². The van der Waals surface area contributed by atoms with Crippen LogP contribution < -0.4 is 0 Å². The van der Waals surface area contributed by atoms with Crippen molar-refractivity contribution in [3.63, 3.8) is 0 Å². The monoisotopic (exact) mass is 201 g/mol. The van der Waals surface area contributed by atoms with Gasteiger partial charge in [0.2, 0.25) is 0 Å². The zero-order chi connectivity index (χ0) is 10.3. The summed E-state index contributed by atoms with van der Waals surface area (Å²) in [6.07, 6.45) is -3.41. The van der Waals surface area contributed by atoms with Crippen molar-refractivity contribution in [3.05, 3.63) is 29.7 Å². The molecule has 0 N–H and O–H groups in total. The summed E-state index contributed by atoms with van der Waals surface area (Å²) < 4.78 is 37.9. The maximum Gasteiger partial charge on any atom is 0.417 e. The van der Waals surface area contributed by atoms with Gasteiger partial charge >= 0.3 is 6.18 Å². The molecular formula is C8H6F3N3. The highest BCUT2D eigenvalue weighted by Crippen LogP contribution is 2.28. The first-order chi connectivity index (χ1) is 6.47. The Balaban J connectivity index is 2.62. The Morgan fingerprint density at radius 1 is 1.29 bits per heavy atom. The van der Waals surface area contributed by atoms with E-state index in [1.165, 1.54) is 6.07 Å². The normalized spacial score (nSPS) is 12.3. The van der Waals surface area contributed by atoms with Crippen LogP contribution in [0.5, 0.6) is 0 Å². The highest BCUT2D eigenvalue weighted by Gasteiger charge is 2.30. The molecule has 0 aromatic carbocycles. The third kappa shape index (κ3) is 1.43. The summed E-state index contributed by atoms with van der Waals surface area (Å²) in [4.78, 5) is 3.92. The van der Waals surface area contributed by atoms with E-state index >= 15 is 0 Å². The predicted octanol–water partition coefficient (Wildman–Crippen LogP) is 2.06. The first-order valence-electron chi connectivity index (χ1n) is 3.87. The fourth-order valence-electron chi connectivity index (χ4n) is 1.16. The lowest BCUT2D eigenvalue weighted by molar-refractivity contribution is -0.137. The predicted molar refractivity (Wildman–Crippen MR) is 42.7 cm³/mol. The van der Waals surface area contributed by atoms with E-state index in [0.717, 1.165) is 16.8 Å². The summed E-state index contributed by atoms with van der Waals surface area (Å²) in [6, 6.07) is 2.28. The zero-order valence-electron chi connectivity index (χ0n) is 7.21. The Hall–Kier alpha value is -1.59. The lowest BCUT2D eigenvalue weighted by Crippen LogP contribution is -2.06. The molecule has 2 heterocycles. The summed E-state index contributed by atoms with van der Waals surface area (Å²) in [6.45, 7) is 1.63. The molecule has 6 heteroatoms. The SMILES string of the molecule is Cc1nc2ccc(C(F)(F)F)cn2n1. The first-order valence-corrected chi connectivity index (χ1v) is 3.87. The molecule has 2 rings (SSSR count). The van der Waals surface area contributed by atoms with Crippen LogP contribution in [0.4, 0.5) is 13.2 Å². The third-order valence-electron chi connectivity index (χ3n) is 1.76. The number of aryl methyl sites for hydroxylation is 1. The van der Waals surface area contributed by atoms with Crippen LogP contribution in [-0.2, 0) is 6.18 Å². The minimum absolute atomic E-state index is 0.413. The molecule has 3 nitrogen and oxygen atoms in total. The summed E-state index contributed by atoms with van der Waals surface area (Å²) in [7, 11) is 0. The highest BCUT2D eigenvalue weighted by molar-refractivity contribution is 5.39. The fourth-order valence-corrected chi connectivity index (χ4v) is 1.16. The number of aromatic nitrogens is 3. The van der Waals surface area contributed by atoms with Crippen LogP contribution in [0.15, 0.2) is 18.3 Å². The van der Waals surface area contributed by atoms with Crippen LogP contribution in [-0.4, -0.2) is 14.6 Å². The van der Waals surface area contributed by atoms with Gasteiger partial charge in [-0.25, -0.2) is 9.50 Å². The van der Waals surface area contributed by atoms with Crippen LogP contribution in [0.1, 0.15) is 11.4 Å². The maximum atomic E-state index is 12.3. The van der Waals surface area contributed by atoms with E-state index in [9.17, 15) is 13.2 Å². The molecule has 0 unspecified atom stereocenters. The summed E-state index contributed by atoms with van der Waals surface area (Å²) in [5.41, 5.74) is -0.314. The second kappa shape index (κ2) is 2.70. The van der Waals surface area contributed by atoms with Gasteiger partial charge in [0, 0.05) is 6.20 Å². The Bertz CT molecular complexity index is 472. The smallest absolute Gasteiger partial charge is 0.220 e. The van der Waals surface area contributed by atoms with E-state index in [0.29, 0.717) is 11.5 Å². The van der Waals surface area contributed by atoms with Gasteiger partial charge in [-0.3, -0.25) is 0 Å².